The number of piperazine rings is 1. The number of carbonyl (C=O) groups excluding carboxylic acids is 1. The van der Waals surface area contributed by atoms with Gasteiger partial charge in [0.1, 0.15) is 5.75 Å². The van der Waals surface area contributed by atoms with Gasteiger partial charge >= 0.3 is 0 Å². The molecule has 0 radical (unpaired) electrons. The molecule has 8 nitrogen and oxygen atoms in total. The molecule has 0 unspecified atom stereocenters. The minimum absolute atomic E-state index is 0.00100. The van der Waals surface area contributed by atoms with Crippen LogP contribution in [0.1, 0.15) is 19.4 Å². The SMILES string of the molecule is COc1cccc(CC(=O)N2CCN(S(=O)(=O)N3C[C@@H](C)O[C@@H](C)C3)CC2)c1. The highest BCUT2D eigenvalue weighted by atomic mass is 32.2. The summed E-state index contributed by atoms with van der Waals surface area (Å²) >= 11 is 0. The zero-order valence-corrected chi connectivity index (χ0v) is 17.5. The van der Waals surface area contributed by atoms with Crippen LogP contribution in [0.4, 0.5) is 0 Å². The first-order valence-corrected chi connectivity index (χ1v) is 11.0. The van der Waals surface area contributed by atoms with E-state index in [1.165, 1.54) is 8.61 Å². The van der Waals surface area contributed by atoms with E-state index in [4.69, 9.17) is 9.47 Å². The van der Waals surface area contributed by atoms with Crippen molar-refractivity contribution in [1.29, 1.82) is 0 Å². The first-order chi connectivity index (χ1) is 13.3. The van der Waals surface area contributed by atoms with E-state index in [-0.39, 0.29) is 24.5 Å². The second-order valence-corrected chi connectivity index (χ2v) is 9.32. The first kappa shape index (κ1) is 21.0. The number of methoxy groups -OCH3 is 1. The molecule has 2 atom stereocenters. The molecule has 0 saturated carbocycles. The number of hydrogen-bond acceptors (Lipinski definition) is 5. The number of benzene rings is 1. The van der Waals surface area contributed by atoms with Crippen molar-refractivity contribution in [3.05, 3.63) is 29.8 Å². The molecule has 9 heteroatoms. The van der Waals surface area contributed by atoms with Crippen LogP contribution >= 0.6 is 0 Å². The van der Waals surface area contributed by atoms with E-state index in [0.29, 0.717) is 39.3 Å². The third kappa shape index (κ3) is 4.83. The normalized spacial score (nSPS) is 24.9. The Kier molecular flexibility index (Phi) is 6.59. The molecular formula is C19H29N3O5S. The minimum Gasteiger partial charge on any atom is -0.497 e. The van der Waals surface area contributed by atoms with Crippen molar-refractivity contribution in [3.63, 3.8) is 0 Å². The fourth-order valence-corrected chi connectivity index (χ4v) is 5.47. The molecule has 0 aromatic heterocycles. The van der Waals surface area contributed by atoms with Gasteiger partial charge < -0.3 is 14.4 Å². The number of nitrogens with zero attached hydrogens (tertiary/aromatic N) is 3. The van der Waals surface area contributed by atoms with Gasteiger partial charge in [-0.25, -0.2) is 0 Å². The Morgan fingerprint density at radius 1 is 1.11 bits per heavy atom. The van der Waals surface area contributed by atoms with Crippen molar-refractivity contribution in [2.75, 3.05) is 46.4 Å². The summed E-state index contributed by atoms with van der Waals surface area (Å²) in [5.41, 5.74) is 0.885. The maximum absolute atomic E-state index is 12.9. The predicted octanol–water partition coefficient (Wildman–Crippen LogP) is 0.736. The highest BCUT2D eigenvalue weighted by molar-refractivity contribution is 7.86. The number of carbonyl (C=O) groups is 1. The molecule has 28 heavy (non-hydrogen) atoms. The Labute approximate surface area is 167 Å². The molecule has 0 bridgehead atoms. The molecule has 2 fully saturated rings. The van der Waals surface area contributed by atoms with E-state index < -0.39 is 10.2 Å². The molecule has 1 aromatic rings. The van der Waals surface area contributed by atoms with Gasteiger partial charge in [0, 0.05) is 39.3 Å². The van der Waals surface area contributed by atoms with Crippen LogP contribution in [-0.4, -0.2) is 86.4 Å². The van der Waals surface area contributed by atoms with Crippen molar-refractivity contribution >= 4 is 16.1 Å². The van der Waals surface area contributed by atoms with Crippen LogP contribution in [0, 0.1) is 0 Å². The summed E-state index contributed by atoms with van der Waals surface area (Å²) in [7, 11) is -1.94. The fraction of sp³-hybridized carbons (Fsp3) is 0.632. The van der Waals surface area contributed by atoms with Gasteiger partial charge in [-0.15, -0.1) is 0 Å². The highest BCUT2D eigenvalue weighted by Crippen LogP contribution is 2.19. The van der Waals surface area contributed by atoms with Gasteiger partial charge in [-0.3, -0.25) is 4.79 Å². The summed E-state index contributed by atoms with van der Waals surface area (Å²) in [6.07, 6.45) is 0.0381. The molecule has 0 aliphatic carbocycles. The van der Waals surface area contributed by atoms with Crippen molar-refractivity contribution in [3.8, 4) is 5.75 Å². The lowest BCUT2D eigenvalue weighted by Gasteiger charge is -2.40. The van der Waals surface area contributed by atoms with Gasteiger partial charge in [-0.05, 0) is 31.5 Å². The van der Waals surface area contributed by atoms with E-state index in [9.17, 15) is 13.2 Å². The first-order valence-electron chi connectivity index (χ1n) is 9.61. The van der Waals surface area contributed by atoms with Crippen LogP contribution in [0.15, 0.2) is 24.3 Å². The Morgan fingerprint density at radius 2 is 1.75 bits per heavy atom. The minimum atomic E-state index is -3.54. The predicted molar refractivity (Wildman–Crippen MR) is 105 cm³/mol. The van der Waals surface area contributed by atoms with Crippen molar-refractivity contribution < 1.29 is 22.7 Å². The molecule has 2 aliphatic heterocycles. The summed E-state index contributed by atoms with van der Waals surface area (Å²) in [6.45, 7) is 5.91. The van der Waals surface area contributed by atoms with Gasteiger partial charge in [0.25, 0.3) is 10.2 Å². The average molecular weight is 412 g/mol. The van der Waals surface area contributed by atoms with E-state index in [2.05, 4.69) is 0 Å². The van der Waals surface area contributed by atoms with E-state index in [1.807, 2.05) is 38.1 Å². The lowest BCUT2D eigenvalue weighted by atomic mass is 10.1. The fourth-order valence-electron chi connectivity index (χ4n) is 3.72. The second kappa shape index (κ2) is 8.77. The van der Waals surface area contributed by atoms with Gasteiger partial charge in [-0.1, -0.05) is 12.1 Å². The molecule has 1 aromatic carbocycles. The van der Waals surface area contributed by atoms with Crippen LogP contribution in [0.25, 0.3) is 0 Å². The molecule has 2 aliphatic rings. The number of rotatable bonds is 5. The summed E-state index contributed by atoms with van der Waals surface area (Å²) in [4.78, 5) is 14.3. The highest BCUT2D eigenvalue weighted by Gasteiger charge is 2.37. The summed E-state index contributed by atoms with van der Waals surface area (Å²) in [6, 6.07) is 7.43. The summed E-state index contributed by atoms with van der Waals surface area (Å²) in [5, 5.41) is 0. The monoisotopic (exact) mass is 411 g/mol. The largest absolute Gasteiger partial charge is 0.497 e. The van der Waals surface area contributed by atoms with E-state index >= 15 is 0 Å². The quantitative estimate of drug-likeness (QED) is 0.714. The lowest BCUT2D eigenvalue weighted by molar-refractivity contribution is -0.131. The van der Waals surface area contributed by atoms with Crippen molar-refractivity contribution in [1.82, 2.24) is 13.5 Å². The smallest absolute Gasteiger partial charge is 0.282 e. The zero-order valence-electron chi connectivity index (χ0n) is 16.7. The third-order valence-corrected chi connectivity index (χ3v) is 7.09. The standard InChI is InChI=1S/C19H29N3O5S/c1-15-13-22(14-16(2)27-15)28(24,25)21-9-7-20(8-10-21)19(23)12-17-5-4-6-18(11-17)26-3/h4-6,11,15-16H,7-10,12-14H2,1-3H3/t15-,16+. The second-order valence-electron chi connectivity index (χ2n) is 7.39. The van der Waals surface area contributed by atoms with Gasteiger partial charge in [0.05, 0.1) is 25.7 Å². The number of hydrogen-bond donors (Lipinski definition) is 0. The molecule has 3 rings (SSSR count). The zero-order chi connectivity index (χ0) is 20.3. The third-order valence-electron chi connectivity index (χ3n) is 5.12. The molecule has 2 saturated heterocycles. The van der Waals surface area contributed by atoms with E-state index in [0.717, 1.165) is 11.3 Å². The van der Waals surface area contributed by atoms with Gasteiger partial charge in [0.15, 0.2) is 0 Å². The van der Waals surface area contributed by atoms with E-state index in [1.54, 1.807) is 12.0 Å². The number of morpholine rings is 1. The topological polar surface area (TPSA) is 79.4 Å². The van der Waals surface area contributed by atoms with Crippen LogP contribution < -0.4 is 4.74 Å². The van der Waals surface area contributed by atoms with Crippen molar-refractivity contribution in [2.45, 2.75) is 32.5 Å². The Morgan fingerprint density at radius 3 is 2.36 bits per heavy atom. The molecule has 1 amide bonds. The molecule has 156 valence electrons. The molecule has 0 N–H and O–H groups in total. The maximum Gasteiger partial charge on any atom is 0.282 e. The summed E-state index contributed by atoms with van der Waals surface area (Å²) in [5.74, 6) is 0.717. The van der Waals surface area contributed by atoms with Crippen LogP contribution in [0.2, 0.25) is 0 Å². The van der Waals surface area contributed by atoms with Crippen LogP contribution in [-0.2, 0) is 26.2 Å². The van der Waals surface area contributed by atoms with Crippen LogP contribution in [0.3, 0.4) is 0 Å². The number of ether oxygens (including phenoxy) is 2. The maximum atomic E-state index is 12.9. The Balaban J connectivity index is 1.56. The number of amides is 1. The molecule has 2 heterocycles. The Bertz CT molecular complexity index is 783. The van der Waals surface area contributed by atoms with Crippen molar-refractivity contribution in [2.24, 2.45) is 0 Å². The lowest BCUT2D eigenvalue weighted by Crippen LogP contribution is -2.57. The molecule has 0 spiro atoms. The average Bonchev–Trinajstić information content (AvgIpc) is 2.67. The summed E-state index contributed by atoms with van der Waals surface area (Å²) < 4.78 is 39.7. The van der Waals surface area contributed by atoms with Gasteiger partial charge in [-0.2, -0.15) is 17.0 Å². The Hall–Kier alpha value is -1.68. The van der Waals surface area contributed by atoms with Crippen LogP contribution in [0.5, 0.6) is 5.75 Å². The molecular weight excluding hydrogens is 382 g/mol. The van der Waals surface area contributed by atoms with Gasteiger partial charge in [0.2, 0.25) is 5.91 Å².